The minimum atomic E-state index is -0.626. The first-order chi connectivity index (χ1) is 26.9. The second-order valence-electron chi connectivity index (χ2n) is 13.2. The fourth-order valence-electron chi connectivity index (χ4n) is 7.26. The third-order valence-electron chi connectivity index (χ3n) is 9.84. The zero-order valence-corrected chi connectivity index (χ0v) is 32.5. The van der Waals surface area contributed by atoms with Gasteiger partial charge in [-0.05, 0) is 106 Å². The summed E-state index contributed by atoms with van der Waals surface area (Å²) in [4.78, 5) is 5.14. The topological polar surface area (TPSA) is 12.4 Å². The summed E-state index contributed by atoms with van der Waals surface area (Å²) in [6, 6.07) is 34.6. The lowest BCUT2D eigenvalue weighted by atomic mass is 9.66. The van der Waals surface area contributed by atoms with Crippen LogP contribution in [0.5, 0.6) is 0 Å². The molecule has 4 aromatic rings. The average molecular weight is 714 g/mol. The van der Waals surface area contributed by atoms with E-state index in [0.29, 0.717) is 6.54 Å². The van der Waals surface area contributed by atoms with E-state index in [9.17, 15) is 0 Å². The third kappa shape index (κ3) is 8.98. The van der Waals surface area contributed by atoms with E-state index in [1.807, 2.05) is 80.7 Å². The first kappa shape index (κ1) is 39.6. The predicted octanol–water partition coefficient (Wildman–Crippen LogP) is 14.5. The van der Waals surface area contributed by atoms with Gasteiger partial charge in [0.1, 0.15) is 0 Å². The van der Waals surface area contributed by atoms with Gasteiger partial charge < -0.3 is 0 Å². The Kier molecular flexibility index (Phi) is 14.0. The largest absolute Gasteiger partial charge is 0.280 e. The molecular formula is C54H51N. The molecule has 1 nitrogen and oxygen atoms in total. The third-order valence-corrected chi connectivity index (χ3v) is 9.84. The zero-order chi connectivity index (χ0) is 39.0. The highest BCUT2D eigenvalue weighted by molar-refractivity contribution is 6.12. The maximum absolute atomic E-state index is 5.14. The molecule has 0 N–H and O–H groups in total. The summed E-state index contributed by atoms with van der Waals surface area (Å²) in [5.74, 6) is 0. The number of fused-ring (bicyclic) bond motifs is 3. The normalized spacial score (nSPS) is 16.4. The summed E-state index contributed by atoms with van der Waals surface area (Å²) >= 11 is 0. The van der Waals surface area contributed by atoms with Crippen molar-refractivity contribution in [2.45, 2.75) is 32.7 Å². The first-order valence-corrected chi connectivity index (χ1v) is 18.8. The van der Waals surface area contributed by atoms with E-state index in [1.165, 1.54) is 22.3 Å². The van der Waals surface area contributed by atoms with Gasteiger partial charge in [0.15, 0.2) is 0 Å². The number of rotatable bonds is 16. The van der Waals surface area contributed by atoms with Crippen LogP contribution in [-0.4, -0.2) is 5.71 Å². The fraction of sp³-hybridized carbons (Fsp3) is 0.0926. The van der Waals surface area contributed by atoms with Gasteiger partial charge in [-0.2, -0.15) is 0 Å². The van der Waals surface area contributed by atoms with Crippen molar-refractivity contribution in [3.8, 4) is 22.3 Å². The lowest BCUT2D eigenvalue weighted by Gasteiger charge is -2.36. The van der Waals surface area contributed by atoms with Crippen molar-refractivity contribution in [2.75, 3.05) is 0 Å². The molecule has 0 amide bonds. The van der Waals surface area contributed by atoms with Crippen LogP contribution in [0.4, 0.5) is 0 Å². The highest BCUT2D eigenvalue weighted by Crippen LogP contribution is 2.57. The Labute approximate surface area is 329 Å². The predicted molar refractivity (Wildman–Crippen MR) is 242 cm³/mol. The van der Waals surface area contributed by atoms with E-state index in [-0.39, 0.29) is 0 Å². The molecule has 1 aliphatic rings. The highest BCUT2D eigenvalue weighted by Gasteiger charge is 2.46. The van der Waals surface area contributed by atoms with E-state index >= 15 is 0 Å². The summed E-state index contributed by atoms with van der Waals surface area (Å²) in [5, 5.41) is 0. The van der Waals surface area contributed by atoms with Crippen LogP contribution >= 0.6 is 0 Å². The Morgan fingerprint density at radius 3 is 2.15 bits per heavy atom. The van der Waals surface area contributed by atoms with Gasteiger partial charge >= 0.3 is 0 Å². The van der Waals surface area contributed by atoms with E-state index in [2.05, 4.69) is 148 Å². The summed E-state index contributed by atoms with van der Waals surface area (Å²) in [6.07, 6.45) is 32.2. The monoisotopic (exact) mass is 713 g/mol. The lowest BCUT2D eigenvalue weighted by molar-refractivity contribution is 0.743. The minimum absolute atomic E-state index is 0.526. The van der Waals surface area contributed by atoms with Gasteiger partial charge in [0.2, 0.25) is 0 Å². The van der Waals surface area contributed by atoms with Crippen LogP contribution in [0.25, 0.3) is 28.3 Å². The Hall–Kier alpha value is -6.57. The summed E-state index contributed by atoms with van der Waals surface area (Å²) in [7, 11) is 0. The average Bonchev–Trinajstić information content (AvgIpc) is 3.52. The molecule has 0 bridgehead atoms. The number of aliphatic imine (C=N–C) groups is 1. The Balaban J connectivity index is 1.65. The van der Waals surface area contributed by atoms with Crippen molar-refractivity contribution < 1.29 is 0 Å². The molecule has 0 aliphatic heterocycles. The second-order valence-corrected chi connectivity index (χ2v) is 13.2. The Morgan fingerprint density at radius 1 is 0.655 bits per heavy atom. The van der Waals surface area contributed by atoms with Crippen molar-refractivity contribution in [3.63, 3.8) is 0 Å². The van der Waals surface area contributed by atoms with Crippen molar-refractivity contribution in [2.24, 2.45) is 4.99 Å². The van der Waals surface area contributed by atoms with Crippen molar-refractivity contribution in [1.82, 2.24) is 0 Å². The summed E-state index contributed by atoms with van der Waals surface area (Å²) in [6.45, 7) is 23.6. The molecule has 1 unspecified atom stereocenters. The van der Waals surface area contributed by atoms with Crippen molar-refractivity contribution in [3.05, 3.63) is 259 Å². The molecule has 0 fully saturated rings. The lowest BCUT2D eigenvalue weighted by Crippen LogP contribution is -2.29. The molecular weight excluding hydrogens is 663 g/mol. The van der Waals surface area contributed by atoms with Crippen LogP contribution in [0.1, 0.15) is 43.0 Å². The van der Waals surface area contributed by atoms with Crippen LogP contribution < -0.4 is 0 Å². The molecule has 55 heavy (non-hydrogen) atoms. The molecule has 0 aromatic heterocycles. The quantitative estimate of drug-likeness (QED) is 0.0810. The summed E-state index contributed by atoms with van der Waals surface area (Å²) in [5.41, 5.74) is 13.8. The van der Waals surface area contributed by atoms with Gasteiger partial charge in [0.05, 0.1) is 17.7 Å². The van der Waals surface area contributed by atoms with Crippen LogP contribution in [0, 0.1) is 0 Å². The second kappa shape index (κ2) is 19.5. The van der Waals surface area contributed by atoms with Crippen molar-refractivity contribution >= 4 is 11.8 Å². The SMILES string of the molecule is C=C\C=C/C=C\C(C=C)=C(\C)C1(C(=C)/C=C\C=C/C)c2ccccc2-c2ccc(-c3cccc(CN=C(/C=C\c4ccccc4)C(/C=C\C)=C/C=C)c3)cc21. The number of hydrogen-bond donors (Lipinski definition) is 0. The number of hydrogen-bond acceptors (Lipinski definition) is 1. The van der Waals surface area contributed by atoms with Gasteiger partial charge in [-0.25, -0.2) is 0 Å². The smallest absolute Gasteiger partial charge is 0.0674 e. The molecule has 1 atom stereocenters. The molecule has 0 saturated heterocycles. The van der Waals surface area contributed by atoms with Gasteiger partial charge in [0.25, 0.3) is 0 Å². The maximum atomic E-state index is 5.14. The number of benzene rings is 4. The number of allylic oxidation sites excluding steroid dienone is 19. The zero-order valence-electron chi connectivity index (χ0n) is 32.5. The standard InChI is InChI=1S/C54H51N/c1-8-13-15-20-30-45(12-5)42(7)54(41(6)26-17-14-9-2)51-33-22-21-32-49(51)50-36-35-48(39-52(50)54)47-31-23-29-44(38-47)40-55-53(46(24-10-3)25-11-4)37-34-43-27-18-16-19-28-43/h8-39H,1,3,5-6,40H2,2,4,7H3/b14-9-,15-13-,25-11-,26-17-,30-20-,37-34-,45-42-,46-24+,55-53?. The molecule has 1 heteroatoms. The Morgan fingerprint density at radius 2 is 1.40 bits per heavy atom. The van der Waals surface area contributed by atoms with E-state index in [0.717, 1.165) is 50.3 Å². The summed E-state index contributed by atoms with van der Waals surface area (Å²) < 4.78 is 0. The van der Waals surface area contributed by atoms with E-state index in [4.69, 9.17) is 11.6 Å². The molecule has 0 radical (unpaired) electrons. The number of nitrogens with zero attached hydrogens (tertiary/aromatic N) is 1. The maximum Gasteiger partial charge on any atom is 0.0674 e. The minimum Gasteiger partial charge on any atom is -0.280 e. The van der Waals surface area contributed by atoms with Crippen LogP contribution in [0.2, 0.25) is 0 Å². The Bertz CT molecular complexity index is 2320. The fourth-order valence-corrected chi connectivity index (χ4v) is 7.26. The molecule has 1 aliphatic carbocycles. The highest BCUT2D eigenvalue weighted by atomic mass is 14.7. The van der Waals surface area contributed by atoms with Crippen LogP contribution in [0.3, 0.4) is 0 Å². The van der Waals surface area contributed by atoms with Crippen LogP contribution in [-0.2, 0) is 12.0 Å². The molecule has 0 heterocycles. The van der Waals surface area contributed by atoms with Gasteiger partial charge in [-0.3, -0.25) is 4.99 Å². The first-order valence-electron chi connectivity index (χ1n) is 18.8. The molecule has 0 spiro atoms. The van der Waals surface area contributed by atoms with E-state index in [1.54, 1.807) is 6.08 Å². The van der Waals surface area contributed by atoms with Crippen molar-refractivity contribution in [1.29, 1.82) is 0 Å². The molecule has 5 rings (SSSR count). The van der Waals surface area contributed by atoms with Crippen LogP contribution in [0.15, 0.2) is 242 Å². The van der Waals surface area contributed by atoms with Gasteiger partial charge in [0, 0.05) is 0 Å². The van der Waals surface area contributed by atoms with Gasteiger partial charge in [-0.1, -0.05) is 202 Å². The van der Waals surface area contributed by atoms with Gasteiger partial charge in [-0.15, -0.1) is 0 Å². The molecule has 0 saturated carbocycles. The molecule has 272 valence electrons. The molecule has 4 aromatic carbocycles. The van der Waals surface area contributed by atoms with E-state index < -0.39 is 5.41 Å².